The van der Waals surface area contributed by atoms with Crippen LogP contribution in [0.1, 0.15) is 42.5 Å². The third-order valence-corrected chi connectivity index (χ3v) is 9.71. The number of hydrogen-bond acceptors (Lipinski definition) is 4. The number of nitrogens with one attached hydrogen (secondary N) is 1. The van der Waals surface area contributed by atoms with E-state index in [0.29, 0.717) is 17.7 Å². The van der Waals surface area contributed by atoms with Crippen molar-refractivity contribution >= 4 is 27.5 Å². The molecule has 4 aromatic carbocycles. The van der Waals surface area contributed by atoms with Crippen molar-refractivity contribution < 1.29 is 22.4 Å². The highest BCUT2D eigenvalue weighted by Crippen LogP contribution is 2.27. The number of carbonyl (C=O) groups excluding carboxylic acids is 2. The van der Waals surface area contributed by atoms with E-state index in [1.807, 2.05) is 64.1 Å². The van der Waals surface area contributed by atoms with Crippen LogP contribution in [0.2, 0.25) is 0 Å². The fourth-order valence-corrected chi connectivity index (χ4v) is 6.34. The lowest BCUT2D eigenvalue weighted by molar-refractivity contribution is -0.140. The first-order valence-electron chi connectivity index (χ1n) is 15.0. The Morgan fingerprint density at radius 1 is 0.822 bits per heavy atom. The number of halogens is 1. The highest BCUT2D eigenvalue weighted by atomic mass is 32.2. The van der Waals surface area contributed by atoms with Crippen molar-refractivity contribution in [3.8, 4) is 0 Å². The quantitative estimate of drug-likeness (QED) is 0.191. The summed E-state index contributed by atoms with van der Waals surface area (Å²) in [5, 5.41) is 3.01. The summed E-state index contributed by atoms with van der Waals surface area (Å²) in [5.41, 5.74) is 3.61. The molecule has 0 radical (unpaired) electrons. The Kier molecular flexibility index (Phi) is 11.1. The van der Waals surface area contributed by atoms with Crippen molar-refractivity contribution in [2.45, 2.75) is 64.1 Å². The smallest absolute Gasteiger partial charge is 0.264 e. The van der Waals surface area contributed by atoms with Crippen molar-refractivity contribution in [3.05, 3.63) is 131 Å². The number of anilines is 1. The number of hydrogen-bond donors (Lipinski definition) is 1. The molecule has 7 nitrogen and oxygen atoms in total. The van der Waals surface area contributed by atoms with Crippen LogP contribution in [0.5, 0.6) is 0 Å². The van der Waals surface area contributed by atoms with E-state index in [1.54, 1.807) is 42.5 Å². The summed E-state index contributed by atoms with van der Waals surface area (Å²) in [7, 11) is -4.18. The van der Waals surface area contributed by atoms with Gasteiger partial charge in [-0.3, -0.25) is 13.9 Å². The average molecular weight is 630 g/mol. The number of rotatable bonds is 13. The summed E-state index contributed by atoms with van der Waals surface area (Å²) in [6, 6.07) is 27.1. The van der Waals surface area contributed by atoms with Gasteiger partial charge in [0.1, 0.15) is 18.4 Å². The molecule has 2 amide bonds. The predicted octanol–water partition coefficient (Wildman–Crippen LogP) is 6.19. The standard InChI is InChI=1S/C36H40FN3O4S/c1-5-28(4)38-36(42)34(23-29-12-8-6-9-13-29)39(24-30-17-19-31(37)20-18-30)35(41)25-40(32-21-16-26(2)27(3)22-32)45(43,44)33-14-10-7-11-15-33/h6-22,28,34H,5,23-25H2,1-4H3,(H,38,42). The zero-order chi connectivity index (χ0) is 32.6. The summed E-state index contributed by atoms with van der Waals surface area (Å²) in [5.74, 6) is -1.36. The van der Waals surface area contributed by atoms with Gasteiger partial charge in [-0.25, -0.2) is 12.8 Å². The Bertz CT molecular complexity index is 1700. The molecule has 2 atom stereocenters. The number of aryl methyl sites for hydroxylation is 2. The fourth-order valence-electron chi connectivity index (χ4n) is 4.91. The maximum absolute atomic E-state index is 14.5. The van der Waals surface area contributed by atoms with Gasteiger partial charge in [-0.2, -0.15) is 0 Å². The second-order valence-corrected chi connectivity index (χ2v) is 13.1. The molecule has 0 aliphatic carbocycles. The van der Waals surface area contributed by atoms with Crippen LogP contribution >= 0.6 is 0 Å². The van der Waals surface area contributed by atoms with Crippen molar-refractivity contribution in [2.75, 3.05) is 10.8 Å². The molecule has 4 rings (SSSR count). The molecule has 0 aliphatic rings. The third kappa shape index (κ3) is 8.57. The molecule has 0 aromatic heterocycles. The summed E-state index contributed by atoms with van der Waals surface area (Å²) in [4.78, 5) is 29.8. The van der Waals surface area contributed by atoms with Crippen LogP contribution in [0, 0.1) is 19.7 Å². The van der Waals surface area contributed by atoms with Crippen LogP contribution < -0.4 is 9.62 Å². The van der Waals surface area contributed by atoms with E-state index in [1.165, 1.54) is 29.2 Å². The molecular formula is C36H40FN3O4S. The van der Waals surface area contributed by atoms with E-state index >= 15 is 0 Å². The molecule has 236 valence electrons. The Labute approximate surface area is 265 Å². The molecule has 0 aliphatic heterocycles. The normalized spacial score (nSPS) is 12.6. The Morgan fingerprint density at radius 3 is 2.04 bits per heavy atom. The summed E-state index contributed by atoms with van der Waals surface area (Å²) in [6.07, 6.45) is 0.886. The van der Waals surface area contributed by atoms with Crippen LogP contribution in [0.4, 0.5) is 10.1 Å². The second-order valence-electron chi connectivity index (χ2n) is 11.3. The van der Waals surface area contributed by atoms with E-state index in [-0.39, 0.29) is 29.8 Å². The lowest BCUT2D eigenvalue weighted by Gasteiger charge is -2.34. The van der Waals surface area contributed by atoms with Crippen LogP contribution in [0.25, 0.3) is 0 Å². The minimum atomic E-state index is -4.18. The van der Waals surface area contributed by atoms with Crippen LogP contribution in [-0.2, 0) is 32.6 Å². The molecule has 0 saturated carbocycles. The molecule has 45 heavy (non-hydrogen) atoms. The van der Waals surface area contributed by atoms with Gasteiger partial charge in [0.25, 0.3) is 10.0 Å². The molecule has 1 N–H and O–H groups in total. The number of sulfonamides is 1. The summed E-state index contributed by atoms with van der Waals surface area (Å²) in [6.45, 7) is 7.06. The first kappa shape index (κ1) is 33.4. The van der Waals surface area contributed by atoms with Gasteiger partial charge >= 0.3 is 0 Å². The van der Waals surface area contributed by atoms with Crippen molar-refractivity contribution in [2.24, 2.45) is 0 Å². The largest absolute Gasteiger partial charge is 0.352 e. The van der Waals surface area contributed by atoms with Crippen LogP contribution in [0.15, 0.2) is 108 Å². The molecular weight excluding hydrogens is 589 g/mol. The molecule has 0 bridgehead atoms. The number of amides is 2. The Hall–Kier alpha value is -4.50. The average Bonchev–Trinajstić information content (AvgIpc) is 3.04. The molecule has 0 fully saturated rings. The van der Waals surface area contributed by atoms with E-state index in [2.05, 4.69) is 5.32 Å². The molecule has 0 saturated heterocycles. The Morgan fingerprint density at radius 2 is 1.44 bits per heavy atom. The monoisotopic (exact) mass is 629 g/mol. The van der Waals surface area contributed by atoms with Gasteiger partial charge in [-0.1, -0.05) is 73.7 Å². The van der Waals surface area contributed by atoms with Crippen LogP contribution in [0.3, 0.4) is 0 Å². The minimum absolute atomic E-state index is 0.0311. The first-order valence-corrected chi connectivity index (χ1v) is 16.5. The van der Waals surface area contributed by atoms with Crippen molar-refractivity contribution in [3.63, 3.8) is 0 Å². The Balaban J connectivity index is 1.81. The fraction of sp³-hybridized carbons (Fsp3) is 0.278. The van der Waals surface area contributed by atoms with E-state index < -0.39 is 34.3 Å². The summed E-state index contributed by atoms with van der Waals surface area (Å²) >= 11 is 0. The highest BCUT2D eigenvalue weighted by molar-refractivity contribution is 7.92. The van der Waals surface area contributed by atoms with Gasteiger partial charge in [0.05, 0.1) is 10.6 Å². The SMILES string of the molecule is CCC(C)NC(=O)C(Cc1ccccc1)N(Cc1ccc(F)cc1)C(=O)CN(c1ccc(C)c(C)c1)S(=O)(=O)c1ccccc1. The number of nitrogens with zero attached hydrogens (tertiary/aromatic N) is 2. The van der Waals surface area contributed by atoms with Crippen molar-refractivity contribution in [1.29, 1.82) is 0 Å². The maximum atomic E-state index is 14.5. The molecule has 0 spiro atoms. The zero-order valence-corrected chi connectivity index (χ0v) is 26.9. The van der Waals surface area contributed by atoms with Gasteiger partial charge < -0.3 is 10.2 Å². The first-order chi connectivity index (χ1) is 21.5. The lowest BCUT2D eigenvalue weighted by Crippen LogP contribution is -2.54. The van der Waals surface area contributed by atoms with Gasteiger partial charge in [-0.15, -0.1) is 0 Å². The van der Waals surface area contributed by atoms with Crippen LogP contribution in [-0.4, -0.2) is 43.8 Å². The summed E-state index contributed by atoms with van der Waals surface area (Å²) < 4.78 is 43.1. The predicted molar refractivity (Wildman–Crippen MR) is 176 cm³/mol. The molecule has 2 unspecified atom stereocenters. The molecule has 9 heteroatoms. The topological polar surface area (TPSA) is 86.8 Å². The number of carbonyl (C=O) groups is 2. The third-order valence-electron chi connectivity index (χ3n) is 7.93. The van der Waals surface area contributed by atoms with E-state index in [9.17, 15) is 22.4 Å². The zero-order valence-electron chi connectivity index (χ0n) is 26.1. The minimum Gasteiger partial charge on any atom is -0.352 e. The molecule has 0 heterocycles. The molecule has 4 aromatic rings. The highest BCUT2D eigenvalue weighted by Gasteiger charge is 2.35. The van der Waals surface area contributed by atoms with E-state index in [4.69, 9.17) is 0 Å². The lowest BCUT2D eigenvalue weighted by atomic mass is 10.0. The van der Waals surface area contributed by atoms with Crippen molar-refractivity contribution in [1.82, 2.24) is 10.2 Å². The second kappa shape index (κ2) is 15.0. The van der Waals surface area contributed by atoms with Gasteiger partial charge in [0.15, 0.2) is 0 Å². The van der Waals surface area contributed by atoms with E-state index in [0.717, 1.165) is 21.0 Å². The van der Waals surface area contributed by atoms with Gasteiger partial charge in [0.2, 0.25) is 11.8 Å². The number of benzene rings is 4. The van der Waals surface area contributed by atoms with Gasteiger partial charge in [-0.05, 0) is 85.8 Å². The maximum Gasteiger partial charge on any atom is 0.264 e. The van der Waals surface area contributed by atoms with Gasteiger partial charge in [0, 0.05) is 19.0 Å².